The van der Waals surface area contributed by atoms with Crippen molar-refractivity contribution in [2.24, 2.45) is 30.7 Å². The van der Waals surface area contributed by atoms with Crippen LogP contribution in [0.15, 0.2) is 116 Å². The Morgan fingerprint density at radius 3 is 1.70 bits per heavy atom. The van der Waals surface area contributed by atoms with E-state index in [0.29, 0.717) is 32.9 Å². The molecule has 37 heavy (non-hydrogen) atoms. The van der Waals surface area contributed by atoms with Gasteiger partial charge in [0.05, 0.1) is 55.3 Å². The van der Waals surface area contributed by atoms with Gasteiger partial charge < -0.3 is 11.5 Å². The fourth-order valence-electron chi connectivity index (χ4n) is 3.40. The van der Waals surface area contributed by atoms with Gasteiger partial charge >= 0.3 is 0 Å². The van der Waals surface area contributed by atoms with Gasteiger partial charge in [0.1, 0.15) is 17.1 Å². The number of nitrogens with two attached hydrogens (primary N) is 2. The molecule has 0 atom stereocenters. The van der Waals surface area contributed by atoms with E-state index in [4.69, 9.17) is 11.5 Å². The Hall–Kier alpha value is -4.76. The number of nitrogen functional groups attached to an aromatic ring is 2. The van der Waals surface area contributed by atoms with Gasteiger partial charge in [0, 0.05) is 6.07 Å². The van der Waals surface area contributed by atoms with E-state index < -0.39 is 0 Å². The van der Waals surface area contributed by atoms with Crippen molar-refractivity contribution in [3.63, 3.8) is 0 Å². The summed E-state index contributed by atoms with van der Waals surface area (Å²) < 4.78 is 0.706. The molecule has 4 rings (SSSR count). The third-order valence-electron chi connectivity index (χ3n) is 5.54. The number of nitrogens with zero attached hydrogens (tertiary/aromatic N) is 7. The SMILES string of the molecule is Cc1cc(N=Nc2cc(N=Nc3ccccc3)c(N)cc2N)ccc1N=Nc1cccc([N+](C)(C)C)c1. The van der Waals surface area contributed by atoms with E-state index in [-0.39, 0.29) is 0 Å². The summed E-state index contributed by atoms with van der Waals surface area (Å²) in [7, 11) is 6.34. The van der Waals surface area contributed by atoms with Crippen LogP contribution in [0.4, 0.5) is 51.2 Å². The normalized spacial score (nSPS) is 12.2. The monoisotopic (exact) mass is 492 g/mol. The highest BCUT2D eigenvalue weighted by atomic mass is 15.3. The molecule has 0 radical (unpaired) electrons. The average Bonchev–Trinajstić information content (AvgIpc) is 2.87. The molecule has 0 amide bonds. The van der Waals surface area contributed by atoms with Crippen LogP contribution in [0.3, 0.4) is 0 Å². The lowest BCUT2D eigenvalue weighted by atomic mass is 10.2. The van der Waals surface area contributed by atoms with Crippen molar-refractivity contribution in [1.82, 2.24) is 4.48 Å². The Balaban J connectivity index is 1.51. The Labute approximate surface area is 216 Å². The van der Waals surface area contributed by atoms with Gasteiger partial charge in [-0.1, -0.05) is 24.3 Å². The third kappa shape index (κ3) is 6.68. The van der Waals surface area contributed by atoms with Crippen LogP contribution in [-0.2, 0) is 0 Å². The second-order valence-corrected chi connectivity index (χ2v) is 9.41. The first-order chi connectivity index (χ1) is 17.7. The number of hydrogen-bond acceptors (Lipinski definition) is 8. The predicted molar refractivity (Wildman–Crippen MR) is 151 cm³/mol. The average molecular weight is 493 g/mol. The fourth-order valence-corrected chi connectivity index (χ4v) is 3.40. The van der Waals surface area contributed by atoms with Gasteiger partial charge in [-0.2, -0.15) is 20.5 Å². The van der Waals surface area contributed by atoms with Gasteiger partial charge in [-0.05, 0) is 67.1 Å². The molecule has 0 saturated heterocycles. The minimum absolute atomic E-state index is 0.401. The highest BCUT2D eigenvalue weighted by molar-refractivity contribution is 5.77. The minimum Gasteiger partial charge on any atom is -0.397 e. The maximum atomic E-state index is 6.11. The number of aryl methyl sites for hydroxylation is 1. The topological polar surface area (TPSA) is 126 Å². The second kappa shape index (κ2) is 10.9. The van der Waals surface area contributed by atoms with Crippen molar-refractivity contribution < 1.29 is 0 Å². The molecule has 0 unspecified atom stereocenters. The van der Waals surface area contributed by atoms with Crippen LogP contribution in [0, 0.1) is 6.92 Å². The first kappa shape index (κ1) is 25.3. The van der Waals surface area contributed by atoms with Crippen LogP contribution >= 0.6 is 0 Å². The zero-order chi connectivity index (χ0) is 26.4. The van der Waals surface area contributed by atoms with E-state index in [1.54, 1.807) is 12.1 Å². The summed E-state index contributed by atoms with van der Waals surface area (Å²) >= 11 is 0. The molecular formula is C28H30N9+. The smallest absolute Gasteiger partial charge is 0.134 e. The number of rotatable bonds is 7. The third-order valence-corrected chi connectivity index (χ3v) is 5.54. The van der Waals surface area contributed by atoms with E-state index in [1.807, 2.05) is 73.7 Å². The van der Waals surface area contributed by atoms with Crippen LogP contribution in [-0.4, -0.2) is 21.1 Å². The second-order valence-electron chi connectivity index (χ2n) is 9.41. The van der Waals surface area contributed by atoms with Crippen molar-refractivity contribution in [2.75, 3.05) is 32.6 Å². The molecule has 0 saturated carbocycles. The number of anilines is 2. The van der Waals surface area contributed by atoms with E-state index in [2.05, 4.69) is 57.9 Å². The highest BCUT2D eigenvalue weighted by Crippen LogP contribution is 2.36. The molecule has 0 aliphatic heterocycles. The van der Waals surface area contributed by atoms with E-state index in [0.717, 1.165) is 28.3 Å². The van der Waals surface area contributed by atoms with Crippen molar-refractivity contribution in [2.45, 2.75) is 6.92 Å². The Kier molecular flexibility index (Phi) is 7.45. The molecule has 0 aliphatic carbocycles. The molecule has 0 fully saturated rings. The number of quaternary nitrogens is 1. The Morgan fingerprint density at radius 2 is 1.08 bits per heavy atom. The van der Waals surface area contributed by atoms with Gasteiger partial charge in [-0.25, -0.2) is 0 Å². The van der Waals surface area contributed by atoms with Crippen molar-refractivity contribution in [1.29, 1.82) is 0 Å². The van der Waals surface area contributed by atoms with Gasteiger partial charge in [0.25, 0.3) is 0 Å². The quantitative estimate of drug-likeness (QED) is 0.152. The molecule has 4 aromatic rings. The summed E-state index contributed by atoms with van der Waals surface area (Å²) in [4.78, 5) is 0. The zero-order valence-corrected chi connectivity index (χ0v) is 21.4. The first-order valence-corrected chi connectivity index (χ1v) is 11.7. The van der Waals surface area contributed by atoms with Crippen LogP contribution in [0.5, 0.6) is 0 Å². The molecule has 0 aliphatic rings. The lowest BCUT2D eigenvalue weighted by molar-refractivity contribution is 0.486. The molecule has 0 aromatic heterocycles. The standard InChI is InChI=1S/C28H30N9/c1-19-15-22(13-14-26(19)34-32-21-11-8-12-23(16-21)37(2,3)4)33-36-28-18-27(24(29)17-25(28)30)35-31-20-9-6-5-7-10-20/h5-18H,29-30H2,1-4H3/q+1. The van der Waals surface area contributed by atoms with Crippen molar-refractivity contribution in [3.8, 4) is 0 Å². The summed E-state index contributed by atoms with van der Waals surface area (Å²) in [6.45, 7) is 1.95. The highest BCUT2D eigenvalue weighted by Gasteiger charge is 2.12. The lowest BCUT2D eigenvalue weighted by Gasteiger charge is -2.23. The van der Waals surface area contributed by atoms with Crippen LogP contribution in [0.2, 0.25) is 0 Å². The molecule has 9 nitrogen and oxygen atoms in total. The van der Waals surface area contributed by atoms with Gasteiger partial charge in [-0.15, -0.1) is 10.2 Å². The van der Waals surface area contributed by atoms with Gasteiger partial charge in [-0.3, -0.25) is 4.48 Å². The Morgan fingerprint density at radius 1 is 0.514 bits per heavy atom. The van der Waals surface area contributed by atoms with E-state index in [9.17, 15) is 0 Å². The molecule has 186 valence electrons. The lowest BCUT2D eigenvalue weighted by Crippen LogP contribution is -2.34. The first-order valence-electron chi connectivity index (χ1n) is 11.7. The van der Waals surface area contributed by atoms with Crippen molar-refractivity contribution in [3.05, 3.63) is 90.5 Å². The fraction of sp³-hybridized carbons (Fsp3) is 0.143. The summed E-state index contributed by atoms with van der Waals surface area (Å²) in [6.07, 6.45) is 0. The van der Waals surface area contributed by atoms with Gasteiger partial charge in [0.2, 0.25) is 0 Å². The maximum absolute atomic E-state index is 6.11. The number of hydrogen-bond donors (Lipinski definition) is 2. The molecule has 4 N–H and O–H groups in total. The van der Waals surface area contributed by atoms with E-state index >= 15 is 0 Å². The summed E-state index contributed by atoms with van der Waals surface area (Å²) in [6, 6.07) is 26.3. The molecule has 9 heteroatoms. The number of benzene rings is 4. The molecule has 0 spiro atoms. The predicted octanol–water partition coefficient (Wildman–Crippen LogP) is 8.60. The summed E-state index contributed by atoms with van der Waals surface area (Å²) in [5, 5.41) is 26.0. The molecule has 4 aromatic carbocycles. The summed E-state index contributed by atoms with van der Waals surface area (Å²) in [5.41, 5.74) is 18.9. The zero-order valence-electron chi connectivity index (χ0n) is 21.4. The van der Waals surface area contributed by atoms with Crippen molar-refractivity contribution >= 4 is 51.2 Å². The summed E-state index contributed by atoms with van der Waals surface area (Å²) in [5.74, 6) is 0. The molecule has 0 bridgehead atoms. The van der Waals surface area contributed by atoms with Crippen LogP contribution in [0.25, 0.3) is 0 Å². The molecular weight excluding hydrogens is 462 g/mol. The van der Waals surface area contributed by atoms with Gasteiger partial charge in [0.15, 0.2) is 0 Å². The largest absolute Gasteiger partial charge is 0.397 e. The Bertz CT molecular complexity index is 1480. The minimum atomic E-state index is 0.401. The maximum Gasteiger partial charge on any atom is 0.134 e. The van der Waals surface area contributed by atoms with Crippen LogP contribution in [0.1, 0.15) is 5.56 Å². The molecule has 0 heterocycles. The van der Waals surface area contributed by atoms with Crippen LogP contribution < -0.4 is 16.0 Å². The number of azo groups is 3. The van der Waals surface area contributed by atoms with E-state index in [1.165, 1.54) is 0 Å².